The molecule has 0 aliphatic carbocycles. The van der Waals surface area contributed by atoms with Gasteiger partial charge in [-0.3, -0.25) is 0 Å². The van der Waals surface area contributed by atoms with Crippen molar-refractivity contribution in [3.05, 3.63) is 35.0 Å². The van der Waals surface area contributed by atoms with E-state index < -0.39 is 0 Å². The molecule has 0 spiro atoms. The third-order valence-corrected chi connectivity index (χ3v) is 2.48. The number of aryl methyl sites for hydroxylation is 1. The van der Waals surface area contributed by atoms with Gasteiger partial charge in [0, 0.05) is 19.5 Å². The summed E-state index contributed by atoms with van der Waals surface area (Å²) < 4.78 is 7.21. The lowest BCUT2D eigenvalue weighted by Gasteiger charge is -2.06. The second-order valence-electron chi connectivity index (χ2n) is 3.60. The molecule has 5 nitrogen and oxygen atoms in total. The molecule has 0 bridgehead atoms. The van der Waals surface area contributed by atoms with E-state index in [1.54, 1.807) is 12.4 Å². The fourth-order valence-electron chi connectivity index (χ4n) is 1.50. The Morgan fingerprint density at radius 3 is 2.88 bits per heavy atom. The Bertz CT molecular complexity index is 512. The molecule has 6 heteroatoms. The van der Waals surface area contributed by atoms with Gasteiger partial charge in [-0.1, -0.05) is 11.6 Å². The minimum absolute atomic E-state index is 0.424. The molecule has 0 aliphatic heterocycles. The quantitative estimate of drug-likeness (QED) is 0.780. The molecule has 0 atom stereocenters. The normalized spacial score (nSPS) is 10.5. The Kier molecular flexibility index (Phi) is 3.58. The highest BCUT2D eigenvalue weighted by molar-refractivity contribution is 6.29. The van der Waals surface area contributed by atoms with Gasteiger partial charge in [0.05, 0.1) is 6.61 Å². The topological polar surface area (TPSA) is 52.8 Å². The Morgan fingerprint density at radius 1 is 1.41 bits per heavy atom. The van der Waals surface area contributed by atoms with Crippen LogP contribution in [0.3, 0.4) is 0 Å². The lowest BCUT2D eigenvalue weighted by molar-refractivity contribution is 0.326. The molecule has 17 heavy (non-hydrogen) atoms. The van der Waals surface area contributed by atoms with Crippen molar-refractivity contribution in [1.82, 2.24) is 19.7 Å². The van der Waals surface area contributed by atoms with Crippen LogP contribution in [-0.2, 0) is 13.5 Å². The Hall–Kier alpha value is -1.62. The molecule has 0 amide bonds. The number of nitrogens with zero attached hydrogens (tertiary/aromatic N) is 4. The molecular formula is C11H13ClN4O. The Morgan fingerprint density at radius 2 is 2.24 bits per heavy atom. The van der Waals surface area contributed by atoms with Crippen LogP contribution in [0.15, 0.2) is 18.5 Å². The van der Waals surface area contributed by atoms with Gasteiger partial charge in [0.1, 0.15) is 17.3 Å². The SMILES string of the molecule is CCOc1cc(Cc2nncn2C)cc(Cl)n1. The molecule has 2 heterocycles. The van der Waals surface area contributed by atoms with Crippen molar-refractivity contribution < 1.29 is 4.74 Å². The van der Waals surface area contributed by atoms with Crippen LogP contribution in [0.4, 0.5) is 0 Å². The van der Waals surface area contributed by atoms with Gasteiger partial charge in [-0.25, -0.2) is 4.98 Å². The summed E-state index contributed by atoms with van der Waals surface area (Å²) in [5.74, 6) is 1.41. The minimum Gasteiger partial charge on any atom is -0.478 e. The summed E-state index contributed by atoms with van der Waals surface area (Å²) in [6, 6.07) is 3.67. The van der Waals surface area contributed by atoms with Crippen molar-refractivity contribution in [3.8, 4) is 5.88 Å². The summed E-state index contributed by atoms with van der Waals surface area (Å²) in [6.45, 7) is 2.47. The predicted molar refractivity (Wildman–Crippen MR) is 64.2 cm³/mol. The first-order chi connectivity index (χ1) is 8.19. The van der Waals surface area contributed by atoms with Gasteiger partial charge in [0.15, 0.2) is 0 Å². The summed E-state index contributed by atoms with van der Waals surface area (Å²) in [5.41, 5.74) is 1.00. The molecule has 0 N–H and O–H groups in total. The van der Waals surface area contributed by atoms with Gasteiger partial charge in [-0.2, -0.15) is 0 Å². The summed E-state index contributed by atoms with van der Waals surface area (Å²) in [4.78, 5) is 4.08. The van der Waals surface area contributed by atoms with Gasteiger partial charge < -0.3 is 9.30 Å². The number of halogens is 1. The zero-order valence-electron chi connectivity index (χ0n) is 9.72. The molecule has 0 unspecified atom stereocenters. The second kappa shape index (κ2) is 5.14. The van der Waals surface area contributed by atoms with Gasteiger partial charge in [-0.05, 0) is 18.6 Å². The molecule has 90 valence electrons. The zero-order chi connectivity index (χ0) is 12.3. The number of rotatable bonds is 4. The maximum absolute atomic E-state index is 5.93. The van der Waals surface area contributed by atoms with Crippen molar-refractivity contribution in [1.29, 1.82) is 0 Å². The van der Waals surface area contributed by atoms with E-state index >= 15 is 0 Å². The van der Waals surface area contributed by atoms with E-state index in [4.69, 9.17) is 16.3 Å². The first-order valence-electron chi connectivity index (χ1n) is 5.31. The molecule has 0 aliphatic rings. The minimum atomic E-state index is 0.424. The largest absolute Gasteiger partial charge is 0.478 e. The van der Waals surface area contributed by atoms with Crippen LogP contribution in [0.5, 0.6) is 5.88 Å². The number of hydrogen-bond acceptors (Lipinski definition) is 4. The van der Waals surface area contributed by atoms with Crippen molar-refractivity contribution >= 4 is 11.6 Å². The number of hydrogen-bond donors (Lipinski definition) is 0. The number of pyridine rings is 1. The van der Waals surface area contributed by atoms with Crippen LogP contribution < -0.4 is 4.74 Å². The molecular weight excluding hydrogens is 240 g/mol. The molecule has 0 saturated carbocycles. The molecule has 0 aromatic carbocycles. The van der Waals surface area contributed by atoms with Crippen LogP contribution in [0.2, 0.25) is 5.15 Å². The highest BCUT2D eigenvalue weighted by Crippen LogP contribution is 2.18. The molecule has 0 saturated heterocycles. The van der Waals surface area contributed by atoms with E-state index in [2.05, 4.69) is 15.2 Å². The smallest absolute Gasteiger partial charge is 0.214 e. The van der Waals surface area contributed by atoms with Crippen molar-refractivity contribution in [2.45, 2.75) is 13.3 Å². The van der Waals surface area contributed by atoms with Crippen LogP contribution in [-0.4, -0.2) is 26.4 Å². The van der Waals surface area contributed by atoms with Crippen molar-refractivity contribution in [2.75, 3.05) is 6.61 Å². The summed E-state index contributed by atoms with van der Waals surface area (Å²) >= 11 is 5.93. The fourth-order valence-corrected chi connectivity index (χ4v) is 1.72. The van der Waals surface area contributed by atoms with E-state index in [1.807, 2.05) is 24.6 Å². The van der Waals surface area contributed by atoms with Gasteiger partial charge >= 0.3 is 0 Å². The maximum atomic E-state index is 5.93. The van der Waals surface area contributed by atoms with Crippen LogP contribution in [0, 0.1) is 0 Å². The standard InChI is InChI=1S/C11H13ClN4O/c1-3-17-11-6-8(4-9(12)14-11)5-10-15-13-7-16(10)2/h4,6-7H,3,5H2,1-2H3. The van der Waals surface area contributed by atoms with Crippen LogP contribution >= 0.6 is 11.6 Å². The average Bonchev–Trinajstić information content (AvgIpc) is 2.64. The van der Waals surface area contributed by atoms with E-state index in [0.29, 0.717) is 24.1 Å². The van der Waals surface area contributed by atoms with Gasteiger partial charge in [0.25, 0.3) is 0 Å². The molecule has 2 rings (SSSR count). The number of aromatic nitrogens is 4. The maximum Gasteiger partial charge on any atom is 0.214 e. The second-order valence-corrected chi connectivity index (χ2v) is 3.99. The number of ether oxygens (including phenoxy) is 1. The Labute approximate surface area is 104 Å². The lowest BCUT2D eigenvalue weighted by Crippen LogP contribution is -2.01. The molecule has 2 aromatic heterocycles. The average molecular weight is 253 g/mol. The van der Waals surface area contributed by atoms with E-state index in [-0.39, 0.29) is 0 Å². The highest BCUT2D eigenvalue weighted by Gasteiger charge is 2.06. The molecule has 2 aromatic rings. The first-order valence-corrected chi connectivity index (χ1v) is 5.69. The molecule has 0 radical (unpaired) electrons. The summed E-state index contributed by atoms with van der Waals surface area (Å²) in [5, 5.41) is 8.28. The van der Waals surface area contributed by atoms with Gasteiger partial charge in [-0.15, -0.1) is 10.2 Å². The van der Waals surface area contributed by atoms with E-state index in [0.717, 1.165) is 11.4 Å². The highest BCUT2D eigenvalue weighted by atomic mass is 35.5. The predicted octanol–water partition coefficient (Wildman–Crippen LogP) is 1.85. The lowest BCUT2D eigenvalue weighted by atomic mass is 10.2. The molecule has 0 fully saturated rings. The zero-order valence-corrected chi connectivity index (χ0v) is 10.5. The van der Waals surface area contributed by atoms with Crippen molar-refractivity contribution in [2.24, 2.45) is 7.05 Å². The monoisotopic (exact) mass is 252 g/mol. The first kappa shape index (κ1) is 11.9. The van der Waals surface area contributed by atoms with Gasteiger partial charge in [0.2, 0.25) is 5.88 Å². The van der Waals surface area contributed by atoms with E-state index in [9.17, 15) is 0 Å². The van der Waals surface area contributed by atoms with Crippen molar-refractivity contribution in [3.63, 3.8) is 0 Å². The Balaban J connectivity index is 2.23. The van der Waals surface area contributed by atoms with Crippen LogP contribution in [0.1, 0.15) is 18.3 Å². The summed E-state index contributed by atoms with van der Waals surface area (Å²) in [7, 11) is 1.90. The van der Waals surface area contributed by atoms with Crippen LogP contribution in [0.25, 0.3) is 0 Å². The summed E-state index contributed by atoms with van der Waals surface area (Å²) in [6.07, 6.45) is 2.32. The fraction of sp³-hybridized carbons (Fsp3) is 0.364. The van der Waals surface area contributed by atoms with E-state index in [1.165, 1.54) is 0 Å². The third kappa shape index (κ3) is 2.94. The third-order valence-electron chi connectivity index (χ3n) is 2.29.